The molecule has 0 unspecified atom stereocenters. The molecule has 1 heterocycles. The van der Waals surface area contributed by atoms with Crippen LogP contribution in [-0.2, 0) is 11.9 Å². The van der Waals surface area contributed by atoms with Crippen LogP contribution in [0.4, 0.5) is 13.2 Å². The molecule has 0 atom stereocenters. The Bertz CT molecular complexity index is 993. The highest BCUT2D eigenvalue weighted by Gasteiger charge is 2.32. The molecule has 1 N–H and O–H groups in total. The van der Waals surface area contributed by atoms with E-state index >= 15 is 0 Å². The second-order valence-electron chi connectivity index (χ2n) is 5.80. The molecule has 2 aromatic carbocycles. The quantitative estimate of drug-likeness (QED) is 0.277. The zero-order valence-corrected chi connectivity index (χ0v) is 15.7. The second kappa shape index (κ2) is 9.33. The first-order chi connectivity index (χ1) is 13.9. The van der Waals surface area contributed by atoms with Crippen molar-refractivity contribution in [3.63, 3.8) is 0 Å². The Kier molecular flexibility index (Phi) is 6.61. The van der Waals surface area contributed by atoms with Crippen molar-refractivity contribution >= 4 is 23.9 Å². The maximum absolute atomic E-state index is 12.9. The van der Waals surface area contributed by atoms with E-state index in [9.17, 15) is 18.0 Å². The molecular weight excluding hydrogens is 401 g/mol. The van der Waals surface area contributed by atoms with E-state index in [2.05, 4.69) is 20.5 Å². The third-order valence-corrected chi connectivity index (χ3v) is 4.71. The number of halogens is 3. The molecule has 0 aliphatic rings. The van der Waals surface area contributed by atoms with Crippen LogP contribution in [0, 0.1) is 0 Å². The standard InChI is InChI=1S/C20H15F3N4OS/c21-20(22,23)17-5-2-1-4-16(17)12-26-27-18(28)15-8-6-14(7-9-15)13-29-19-24-10-3-11-25-19/h1-12H,13H2,(H,27,28)/b26-12-. The van der Waals surface area contributed by atoms with Gasteiger partial charge in [-0.1, -0.05) is 42.1 Å². The van der Waals surface area contributed by atoms with E-state index in [0.717, 1.165) is 17.8 Å². The van der Waals surface area contributed by atoms with E-state index in [1.54, 1.807) is 42.7 Å². The zero-order chi connectivity index (χ0) is 20.7. The minimum absolute atomic E-state index is 0.129. The normalized spacial score (nSPS) is 11.6. The summed E-state index contributed by atoms with van der Waals surface area (Å²) in [5.74, 6) is 0.120. The van der Waals surface area contributed by atoms with Gasteiger partial charge >= 0.3 is 6.18 Å². The van der Waals surface area contributed by atoms with Crippen LogP contribution >= 0.6 is 11.8 Å². The van der Waals surface area contributed by atoms with Gasteiger partial charge < -0.3 is 0 Å². The third-order valence-electron chi connectivity index (χ3n) is 3.76. The van der Waals surface area contributed by atoms with E-state index < -0.39 is 17.6 Å². The van der Waals surface area contributed by atoms with Gasteiger partial charge in [0.2, 0.25) is 0 Å². The van der Waals surface area contributed by atoms with E-state index in [1.165, 1.54) is 30.0 Å². The van der Waals surface area contributed by atoms with Crippen molar-refractivity contribution in [2.75, 3.05) is 0 Å². The summed E-state index contributed by atoms with van der Waals surface area (Å²) in [7, 11) is 0. The van der Waals surface area contributed by atoms with E-state index in [0.29, 0.717) is 16.5 Å². The molecule has 5 nitrogen and oxygen atoms in total. The van der Waals surface area contributed by atoms with Crippen molar-refractivity contribution in [3.8, 4) is 0 Å². The minimum atomic E-state index is -4.49. The number of amides is 1. The molecule has 0 aliphatic heterocycles. The lowest BCUT2D eigenvalue weighted by Gasteiger charge is -2.09. The molecule has 0 aliphatic carbocycles. The summed E-state index contributed by atoms with van der Waals surface area (Å²) in [5.41, 5.74) is 2.61. The summed E-state index contributed by atoms with van der Waals surface area (Å²) in [6, 6.07) is 13.6. The van der Waals surface area contributed by atoms with Crippen molar-refractivity contribution in [3.05, 3.63) is 89.2 Å². The molecular formula is C20H15F3N4OS. The third kappa shape index (κ3) is 5.89. The lowest BCUT2D eigenvalue weighted by molar-refractivity contribution is -0.137. The Labute approximate surface area is 169 Å². The Morgan fingerprint density at radius 1 is 1.03 bits per heavy atom. The van der Waals surface area contributed by atoms with Crippen LogP contribution in [0.15, 0.2) is 77.2 Å². The van der Waals surface area contributed by atoms with Crippen LogP contribution in [0.2, 0.25) is 0 Å². The van der Waals surface area contributed by atoms with Crippen LogP contribution in [0.1, 0.15) is 27.0 Å². The van der Waals surface area contributed by atoms with Gasteiger partial charge in [-0.2, -0.15) is 18.3 Å². The molecule has 3 aromatic rings. The average molecular weight is 416 g/mol. The molecule has 148 valence electrons. The zero-order valence-electron chi connectivity index (χ0n) is 14.9. The fourth-order valence-corrected chi connectivity index (χ4v) is 3.11. The summed E-state index contributed by atoms with van der Waals surface area (Å²) in [4.78, 5) is 20.4. The number of nitrogens with one attached hydrogen (secondary N) is 1. The van der Waals surface area contributed by atoms with Gasteiger partial charge in [-0.05, 0) is 29.8 Å². The smallest absolute Gasteiger partial charge is 0.267 e. The van der Waals surface area contributed by atoms with Crippen molar-refractivity contribution < 1.29 is 18.0 Å². The van der Waals surface area contributed by atoms with Crippen LogP contribution < -0.4 is 5.43 Å². The maximum atomic E-state index is 12.9. The Morgan fingerprint density at radius 2 is 1.72 bits per heavy atom. The molecule has 29 heavy (non-hydrogen) atoms. The van der Waals surface area contributed by atoms with Crippen molar-refractivity contribution in [2.24, 2.45) is 5.10 Å². The number of nitrogens with zero attached hydrogens (tertiary/aromatic N) is 3. The predicted octanol–water partition coefficient (Wildman–Crippen LogP) is 4.55. The number of hydrazone groups is 1. The number of carbonyl (C=O) groups excluding carboxylic acids is 1. The summed E-state index contributed by atoms with van der Waals surface area (Å²) in [5, 5.41) is 4.30. The molecule has 0 fully saturated rings. The maximum Gasteiger partial charge on any atom is 0.417 e. The Balaban J connectivity index is 1.58. The van der Waals surface area contributed by atoms with Gasteiger partial charge in [0, 0.05) is 29.3 Å². The first-order valence-electron chi connectivity index (χ1n) is 8.42. The topological polar surface area (TPSA) is 67.2 Å². The van der Waals surface area contributed by atoms with Gasteiger partial charge in [0.15, 0.2) is 5.16 Å². The number of rotatable bonds is 6. The minimum Gasteiger partial charge on any atom is -0.267 e. The Hall–Kier alpha value is -3.20. The summed E-state index contributed by atoms with van der Waals surface area (Å²) < 4.78 is 38.8. The molecule has 0 saturated heterocycles. The monoisotopic (exact) mass is 416 g/mol. The largest absolute Gasteiger partial charge is 0.417 e. The molecule has 3 rings (SSSR count). The first kappa shape index (κ1) is 20.5. The van der Waals surface area contributed by atoms with Crippen LogP contribution in [0.3, 0.4) is 0 Å². The van der Waals surface area contributed by atoms with E-state index in [1.807, 2.05) is 0 Å². The van der Waals surface area contributed by atoms with E-state index in [4.69, 9.17) is 0 Å². The number of hydrogen-bond acceptors (Lipinski definition) is 5. The molecule has 0 bridgehead atoms. The van der Waals surface area contributed by atoms with Gasteiger partial charge in [0.05, 0.1) is 11.8 Å². The first-order valence-corrected chi connectivity index (χ1v) is 9.40. The number of hydrogen-bond donors (Lipinski definition) is 1. The predicted molar refractivity (Wildman–Crippen MR) is 105 cm³/mol. The fourth-order valence-electron chi connectivity index (χ4n) is 2.35. The fraction of sp³-hybridized carbons (Fsp3) is 0.100. The highest BCUT2D eigenvalue weighted by atomic mass is 32.2. The molecule has 1 amide bonds. The Morgan fingerprint density at radius 3 is 2.41 bits per heavy atom. The van der Waals surface area contributed by atoms with Crippen molar-refractivity contribution in [1.82, 2.24) is 15.4 Å². The van der Waals surface area contributed by atoms with Crippen LogP contribution in [-0.4, -0.2) is 22.1 Å². The SMILES string of the molecule is O=C(N/N=C\c1ccccc1C(F)(F)F)c1ccc(CSc2ncccn2)cc1. The van der Waals surface area contributed by atoms with Crippen molar-refractivity contribution in [1.29, 1.82) is 0 Å². The summed E-state index contributed by atoms with van der Waals surface area (Å²) in [6.45, 7) is 0. The van der Waals surface area contributed by atoms with Gasteiger partial charge in [0.1, 0.15) is 0 Å². The molecule has 1 aromatic heterocycles. The molecule has 0 saturated carbocycles. The number of benzene rings is 2. The highest BCUT2D eigenvalue weighted by molar-refractivity contribution is 7.98. The number of aromatic nitrogens is 2. The van der Waals surface area contributed by atoms with Gasteiger partial charge in [-0.3, -0.25) is 4.79 Å². The highest BCUT2D eigenvalue weighted by Crippen LogP contribution is 2.31. The lowest BCUT2D eigenvalue weighted by Crippen LogP contribution is -2.18. The molecule has 9 heteroatoms. The number of carbonyl (C=O) groups is 1. The number of alkyl halides is 3. The van der Waals surface area contributed by atoms with Gasteiger partial charge in [-0.15, -0.1) is 0 Å². The summed E-state index contributed by atoms with van der Waals surface area (Å²) >= 11 is 1.46. The van der Waals surface area contributed by atoms with Crippen LogP contribution in [0.5, 0.6) is 0 Å². The lowest BCUT2D eigenvalue weighted by atomic mass is 10.1. The van der Waals surface area contributed by atoms with Gasteiger partial charge in [-0.25, -0.2) is 15.4 Å². The van der Waals surface area contributed by atoms with Crippen LogP contribution in [0.25, 0.3) is 0 Å². The summed E-state index contributed by atoms with van der Waals surface area (Å²) in [6.07, 6.45) is -0.191. The van der Waals surface area contributed by atoms with Gasteiger partial charge in [0.25, 0.3) is 5.91 Å². The van der Waals surface area contributed by atoms with Crippen molar-refractivity contribution in [2.45, 2.75) is 17.1 Å². The molecule has 0 radical (unpaired) electrons. The van der Waals surface area contributed by atoms with E-state index in [-0.39, 0.29) is 5.56 Å². The molecule has 0 spiro atoms. The number of thioether (sulfide) groups is 1. The average Bonchev–Trinajstić information content (AvgIpc) is 2.73. The second-order valence-corrected chi connectivity index (χ2v) is 6.74.